The van der Waals surface area contributed by atoms with Crippen molar-refractivity contribution in [2.24, 2.45) is 0 Å². The Morgan fingerprint density at radius 3 is 2.51 bits per heavy atom. The van der Waals surface area contributed by atoms with Gasteiger partial charge in [-0.25, -0.2) is 9.37 Å². The zero-order chi connectivity index (χ0) is 24.5. The van der Waals surface area contributed by atoms with Gasteiger partial charge in [0.05, 0.1) is 12.3 Å². The summed E-state index contributed by atoms with van der Waals surface area (Å²) in [4.78, 5) is 30.9. The van der Waals surface area contributed by atoms with Crippen molar-refractivity contribution in [1.29, 1.82) is 0 Å². The van der Waals surface area contributed by atoms with Crippen LogP contribution in [-0.2, 0) is 11.3 Å². The third-order valence-corrected chi connectivity index (χ3v) is 6.52. The monoisotopic (exact) mass is 487 g/mol. The molecule has 1 amide bonds. The topological polar surface area (TPSA) is 77.1 Å². The van der Waals surface area contributed by atoms with Gasteiger partial charge in [-0.3, -0.25) is 14.2 Å². The van der Waals surface area contributed by atoms with Crippen LogP contribution in [0.15, 0.2) is 81.1 Å². The molecule has 35 heavy (non-hydrogen) atoms. The number of benzene rings is 3. The Morgan fingerprint density at radius 2 is 1.77 bits per heavy atom. The summed E-state index contributed by atoms with van der Waals surface area (Å²) in [7, 11) is 0. The minimum atomic E-state index is -0.357. The van der Waals surface area contributed by atoms with Crippen molar-refractivity contribution in [2.45, 2.75) is 25.5 Å². The molecule has 6 nitrogen and oxygen atoms in total. The smallest absolute Gasteiger partial charge is 0.298 e. The molecular weight excluding hydrogens is 465 g/mol. The number of nitrogens with zero attached hydrogens (tertiary/aromatic N) is 2. The molecule has 3 aromatic carbocycles. The number of furan rings is 1. The van der Waals surface area contributed by atoms with Crippen LogP contribution in [0.5, 0.6) is 0 Å². The van der Waals surface area contributed by atoms with Crippen LogP contribution in [0.3, 0.4) is 0 Å². The van der Waals surface area contributed by atoms with E-state index in [-0.39, 0.29) is 35.2 Å². The summed E-state index contributed by atoms with van der Waals surface area (Å²) in [5.74, 6) is -0.506. The lowest BCUT2D eigenvalue weighted by Gasteiger charge is -2.12. The van der Waals surface area contributed by atoms with Crippen LogP contribution in [0.4, 0.5) is 10.1 Å². The Hall–Kier alpha value is -3.91. The summed E-state index contributed by atoms with van der Waals surface area (Å²) in [6, 6.07) is 19.1. The maximum atomic E-state index is 13.4. The van der Waals surface area contributed by atoms with Crippen molar-refractivity contribution >= 4 is 45.4 Å². The zero-order valence-corrected chi connectivity index (χ0v) is 20.0. The van der Waals surface area contributed by atoms with Gasteiger partial charge in [0.15, 0.2) is 5.16 Å². The number of halogens is 1. The number of fused-ring (bicyclic) bond motifs is 3. The van der Waals surface area contributed by atoms with Crippen LogP contribution < -0.4 is 10.9 Å². The van der Waals surface area contributed by atoms with E-state index < -0.39 is 0 Å². The number of thioether (sulfide) groups is 1. The number of aromatic nitrogens is 2. The largest absolute Gasteiger partial charge is 0.448 e. The van der Waals surface area contributed by atoms with Crippen LogP contribution in [0.1, 0.15) is 16.7 Å². The van der Waals surface area contributed by atoms with Crippen molar-refractivity contribution in [1.82, 2.24) is 9.55 Å². The molecule has 2 aromatic heterocycles. The van der Waals surface area contributed by atoms with Gasteiger partial charge >= 0.3 is 0 Å². The van der Waals surface area contributed by atoms with E-state index in [2.05, 4.69) is 5.32 Å². The molecule has 0 saturated heterocycles. The fraction of sp³-hybridized carbons (Fsp3) is 0.148. The predicted molar refractivity (Wildman–Crippen MR) is 137 cm³/mol. The molecule has 0 radical (unpaired) electrons. The highest BCUT2D eigenvalue weighted by Gasteiger charge is 2.19. The molecule has 0 fully saturated rings. The van der Waals surface area contributed by atoms with Gasteiger partial charge in [-0.2, -0.15) is 0 Å². The van der Waals surface area contributed by atoms with E-state index in [4.69, 9.17) is 9.40 Å². The fourth-order valence-electron chi connectivity index (χ4n) is 4.05. The van der Waals surface area contributed by atoms with E-state index in [0.717, 1.165) is 27.8 Å². The van der Waals surface area contributed by atoms with Crippen molar-refractivity contribution < 1.29 is 13.6 Å². The Kier molecular flexibility index (Phi) is 6.13. The van der Waals surface area contributed by atoms with Crippen molar-refractivity contribution in [2.75, 3.05) is 11.1 Å². The summed E-state index contributed by atoms with van der Waals surface area (Å²) in [5, 5.41) is 4.03. The van der Waals surface area contributed by atoms with E-state index in [9.17, 15) is 14.0 Å². The normalized spacial score (nSPS) is 11.3. The van der Waals surface area contributed by atoms with Gasteiger partial charge in [0.1, 0.15) is 16.9 Å². The third kappa shape index (κ3) is 4.83. The van der Waals surface area contributed by atoms with Gasteiger partial charge in [-0.1, -0.05) is 42.1 Å². The molecule has 0 atom stereocenters. The Balaban J connectivity index is 1.50. The SMILES string of the molecule is Cc1cc(C)cc(NC(=O)CSc2nc3c(oc4ccccc43)c(=O)n2Cc2ccc(F)cc2)c1. The summed E-state index contributed by atoms with van der Waals surface area (Å²) in [6.45, 7) is 4.11. The number of carbonyl (C=O) groups is 1. The molecule has 0 bridgehead atoms. The Morgan fingerprint density at radius 1 is 1.06 bits per heavy atom. The molecule has 0 spiro atoms. The minimum Gasteiger partial charge on any atom is -0.448 e. The summed E-state index contributed by atoms with van der Waals surface area (Å²) >= 11 is 1.17. The number of carbonyl (C=O) groups excluding carboxylic acids is 1. The second-order valence-corrected chi connectivity index (χ2v) is 9.34. The van der Waals surface area contributed by atoms with Crippen molar-refractivity contribution in [3.05, 3.63) is 99.6 Å². The van der Waals surface area contributed by atoms with Crippen LogP contribution in [0, 0.1) is 19.7 Å². The second-order valence-electron chi connectivity index (χ2n) is 8.40. The number of anilines is 1. The zero-order valence-electron chi connectivity index (χ0n) is 19.2. The van der Waals surface area contributed by atoms with E-state index in [1.165, 1.54) is 28.5 Å². The first-order valence-corrected chi connectivity index (χ1v) is 12.0. The number of rotatable bonds is 6. The number of para-hydroxylation sites is 1. The Labute approximate surface area is 204 Å². The minimum absolute atomic E-state index is 0.0597. The average Bonchev–Trinajstić information content (AvgIpc) is 3.19. The van der Waals surface area contributed by atoms with Crippen LogP contribution in [0.25, 0.3) is 22.1 Å². The molecule has 5 rings (SSSR count). The summed E-state index contributed by atoms with van der Waals surface area (Å²) < 4.78 is 20.7. The van der Waals surface area contributed by atoms with Crippen LogP contribution >= 0.6 is 11.8 Å². The van der Waals surface area contributed by atoms with Gasteiger partial charge in [0, 0.05) is 11.1 Å². The highest BCUT2D eigenvalue weighted by atomic mass is 32.2. The molecule has 0 unspecified atom stereocenters. The number of nitrogens with one attached hydrogen (secondary N) is 1. The second kappa shape index (κ2) is 9.38. The predicted octanol–water partition coefficient (Wildman–Crippen LogP) is 5.68. The quantitative estimate of drug-likeness (QED) is 0.246. The molecular formula is C27H22FN3O3S. The first-order valence-electron chi connectivity index (χ1n) is 11.0. The standard InChI is InChI=1S/C27H22FN3O3S/c1-16-11-17(2)13-20(12-16)29-23(32)15-35-27-30-24-21-5-3-4-6-22(21)34-25(24)26(33)31(27)14-18-7-9-19(28)10-8-18/h3-13H,14-15H2,1-2H3,(H,29,32). The summed E-state index contributed by atoms with van der Waals surface area (Å²) in [6.07, 6.45) is 0. The molecule has 0 aliphatic heterocycles. The Bertz CT molecular complexity index is 1600. The summed E-state index contributed by atoms with van der Waals surface area (Å²) in [5.41, 5.74) is 4.38. The molecule has 0 aliphatic rings. The van der Waals surface area contributed by atoms with E-state index >= 15 is 0 Å². The average molecular weight is 488 g/mol. The van der Waals surface area contributed by atoms with Gasteiger partial charge in [0.2, 0.25) is 11.5 Å². The van der Waals surface area contributed by atoms with Gasteiger partial charge in [-0.15, -0.1) is 0 Å². The van der Waals surface area contributed by atoms with Gasteiger partial charge in [-0.05, 0) is 66.9 Å². The van der Waals surface area contributed by atoms with Crippen molar-refractivity contribution in [3.63, 3.8) is 0 Å². The van der Waals surface area contributed by atoms with Crippen LogP contribution in [-0.4, -0.2) is 21.2 Å². The molecule has 2 heterocycles. The van der Waals surface area contributed by atoms with E-state index in [1.54, 1.807) is 18.2 Å². The first-order chi connectivity index (χ1) is 16.9. The molecule has 8 heteroatoms. The molecule has 0 saturated carbocycles. The number of aryl methyl sites for hydroxylation is 2. The maximum Gasteiger partial charge on any atom is 0.298 e. The molecule has 5 aromatic rings. The first kappa shape index (κ1) is 22.9. The number of hydrogen-bond acceptors (Lipinski definition) is 5. The lowest BCUT2D eigenvalue weighted by atomic mass is 10.1. The lowest BCUT2D eigenvalue weighted by Crippen LogP contribution is -2.24. The number of amides is 1. The molecule has 176 valence electrons. The van der Waals surface area contributed by atoms with E-state index in [1.807, 2.05) is 50.2 Å². The fourth-order valence-corrected chi connectivity index (χ4v) is 4.84. The highest BCUT2D eigenvalue weighted by molar-refractivity contribution is 7.99. The number of hydrogen-bond donors (Lipinski definition) is 1. The molecule has 1 N–H and O–H groups in total. The maximum absolute atomic E-state index is 13.4. The lowest BCUT2D eigenvalue weighted by molar-refractivity contribution is -0.113. The van der Waals surface area contributed by atoms with Crippen molar-refractivity contribution in [3.8, 4) is 0 Å². The highest BCUT2D eigenvalue weighted by Crippen LogP contribution is 2.27. The third-order valence-electron chi connectivity index (χ3n) is 5.54. The van der Waals surface area contributed by atoms with Crippen LogP contribution in [0.2, 0.25) is 0 Å². The van der Waals surface area contributed by atoms with Gasteiger partial charge in [0.25, 0.3) is 5.56 Å². The van der Waals surface area contributed by atoms with E-state index in [0.29, 0.717) is 16.3 Å². The molecule has 0 aliphatic carbocycles. The van der Waals surface area contributed by atoms with Gasteiger partial charge < -0.3 is 9.73 Å².